The van der Waals surface area contributed by atoms with Crippen LogP contribution >= 0.6 is 0 Å². The number of rotatable bonds is 5. The molecule has 23 heavy (non-hydrogen) atoms. The molecule has 0 radical (unpaired) electrons. The van der Waals surface area contributed by atoms with E-state index in [9.17, 15) is 17.6 Å². The van der Waals surface area contributed by atoms with Crippen LogP contribution in [0.2, 0.25) is 0 Å². The van der Waals surface area contributed by atoms with Crippen LogP contribution in [0.15, 0.2) is 48.5 Å². The molecule has 2 aromatic rings. The molecule has 0 aromatic heterocycles. The molecule has 4 N–H and O–H groups in total. The third-order valence-corrected chi connectivity index (χ3v) is 3.98. The van der Waals surface area contributed by atoms with Crippen LogP contribution in [-0.4, -0.2) is 12.9 Å². The molecule has 2 rings (SSSR count). The molecule has 6 heteroatoms. The molecule has 0 unspecified atom stereocenters. The van der Waals surface area contributed by atoms with Gasteiger partial charge in [-0.2, -0.15) is 13.2 Å². The van der Waals surface area contributed by atoms with Crippen LogP contribution in [0, 0.1) is 0 Å². The van der Waals surface area contributed by atoms with Crippen molar-refractivity contribution in [2.75, 3.05) is 18.1 Å². The van der Waals surface area contributed by atoms with Crippen LogP contribution < -0.4 is 11.5 Å². The van der Waals surface area contributed by atoms with Gasteiger partial charge in [-0.25, -0.2) is 0 Å². The summed E-state index contributed by atoms with van der Waals surface area (Å²) >= 11 is 0. The molecule has 0 aliphatic rings. The van der Waals surface area contributed by atoms with E-state index in [0.717, 1.165) is 0 Å². The lowest BCUT2D eigenvalue weighted by molar-refractivity contribution is -0.180. The summed E-state index contributed by atoms with van der Waals surface area (Å²) in [4.78, 5) is 0. The number of hydrogen-bond acceptors (Lipinski definition) is 2. The molecule has 2 aromatic carbocycles. The summed E-state index contributed by atoms with van der Waals surface area (Å²) in [7, 11) is 0. The summed E-state index contributed by atoms with van der Waals surface area (Å²) in [5.41, 5.74) is 9.68. The summed E-state index contributed by atoms with van der Waals surface area (Å²) in [6.07, 6.45) is -5.18. The zero-order valence-corrected chi connectivity index (χ0v) is 12.4. The fourth-order valence-electron chi connectivity index (χ4n) is 2.79. The predicted octanol–water partition coefficient (Wildman–Crippen LogP) is 4.45. The zero-order chi connectivity index (χ0) is 17.1. The van der Waals surface area contributed by atoms with E-state index in [1.807, 2.05) is 0 Å². The third-order valence-electron chi connectivity index (χ3n) is 3.98. The molecule has 124 valence electrons. The Bertz CT molecular complexity index is 588. The first-order chi connectivity index (χ1) is 10.8. The lowest BCUT2D eigenvalue weighted by Crippen LogP contribution is -2.43. The molecule has 0 spiro atoms. The Morgan fingerprint density at radius 2 is 1.13 bits per heavy atom. The lowest BCUT2D eigenvalue weighted by atomic mass is 9.70. The van der Waals surface area contributed by atoms with E-state index >= 15 is 0 Å². The second-order valence-corrected chi connectivity index (χ2v) is 5.44. The molecule has 2 nitrogen and oxygen atoms in total. The molecule has 0 saturated heterocycles. The molecule has 0 amide bonds. The van der Waals surface area contributed by atoms with Gasteiger partial charge in [0.15, 0.2) is 0 Å². The minimum atomic E-state index is -4.59. The van der Waals surface area contributed by atoms with Crippen molar-refractivity contribution in [1.29, 1.82) is 0 Å². The molecule has 0 fully saturated rings. The molecule has 0 heterocycles. The van der Waals surface area contributed by atoms with Gasteiger partial charge in [0.1, 0.15) is 5.41 Å². The van der Waals surface area contributed by atoms with Gasteiger partial charge in [0.2, 0.25) is 0 Å². The summed E-state index contributed by atoms with van der Waals surface area (Å²) in [5.74, 6) is 0. The largest absolute Gasteiger partial charge is 0.402 e. The van der Waals surface area contributed by atoms with E-state index in [4.69, 9.17) is 11.5 Å². The van der Waals surface area contributed by atoms with Crippen molar-refractivity contribution in [3.8, 4) is 0 Å². The number of nitrogen functional groups attached to an aromatic ring is 2. The zero-order valence-electron chi connectivity index (χ0n) is 12.4. The Kier molecular flexibility index (Phi) is 4.82. The quantitative estimate of drug-likeness (QED) is 0.630. The Hall–Kier alpha value is -2.24. The van der Waals surface area contributed by atoms with Gasteiger partial charge in [0, 0.05) is 11.4 Å². The average Bonchev–Trinajstić information content (AvgIpc) is 2.50. The molecule has 0 aliphatic heterocycles. The summed E-state index contributed by atoms with van der Waals surface area (Å²) in [6.45, 7) is -0.818. The fraction of sp³-hybridized carbons (Fsp3) is 0.294. The molecule has 0 bridgehead atoms. The van der Waals surface area contributed by atoms with Crippen molar-refractivity contribution in [1.82, 2.24) is 0 Å². The van der Waals surface area contributed by atoms with Gasteiger partial charge < -0.3 is 11.5 Å². The van der Waals surface area contributed by atoms with Gasteiger partial charge in [-0.05, 0) is 48.2 Å². The van der Waals surface area contributed by atoms with E-state index < -0.39 is 18.3 Å². The standard InChI is InChI=1S/C17H18F4N2/c18-11-1-10-16(17(19,20)21,12-2-6-14(22)7-3-12)13-4-8-15(23)9-5-13/h2-9H,1,10-11,22-23H2. The monoisotopic (exact) mass is 326 g/mol. The van der Waals surface area contributed by atoms with Crippen molar-refractivity contribution >= 4 is 11.4 Å². The Balaban J connectivity index is 2.68. The van der Waals surface area contributed by atoms with Crippen molar-refractivity contribution in [2.24, 2.45) is 0 Å². The van der Waals surface area contributed by atoms with Crippen molar-refractivity contribution in [3.05, 3.63) is 59.7 Å². The van der Waals surface area contributed by atoms with E-state index in [1.54, 1.807) is 0 Å². The highest BCUT2D eigenvalue weighted by molar-refractivity contribution is 5.50. The summed E-state index contributed by atoms with van der Waals surface area (Å²) in [6, 6.07) is 11.1. The van der Waals surface area contributed by atoms with Crippen LogP contribution in [0.25, 0.3) is 0 Å². The van der Waals surface area contributed by atoms with Gasteiger partial charge in [-0.3, -0.25) is 4.39 Å². The lowest BCUT2D eigenvalue weighted by Gasteiger charge is -2.37. The van der Waals surface area contributed by atoms with Crippen LogP contribution in [0.5, 0.6) is 0 Å². The number of nitrogens with two attached hydrogens (primary N) is 2. The Morgan fingerprint density at radius 3 is 1.43 bits per heavy atom. The number of benzene rings is 2. The fourth-order valence-corrected chi connectivity index (χ4v) is 2.79. The number of hydrogen-bond donors (Lipinski definition) is 2. The first-order valence-electron chi connectivity index (χ1n) is 7.16. The third kappa shape index (κ3) is 3.25. The molecule has 0 aliphatic carbocycles. The van der Waals surface area contributed by atoms with E-state index in [2.05, 4.69) is 0 Å². The number of alkyl halides is 4. The second kappa shape index (κ2) is 6.48. The second-order valence-electron chi connectivity index (χ2n) is 5.44. The molecule has 0 saturated carbocycles. The van der Waals surface area contributed by atoms with E-state index in [1.165, 1.54) is 48.5 Å². The SMILES string of the molecule is Nc1ccc(C(CCCF)(c2ccc(N)cc2)C(F)(F)F)cc1. The first kappa shape index (κ1) is 17.1. The van der Waals surface area contributed by atoms with Gasteiger partial charge in [0.05, 0.1) is 6.67 Å². The van der Waals surface area contributed by atoms with Crippen LogP contribution in [0.1, 0.15) is 24.0 Å². The number of anilines is 2. The average molecular weight is 326 g/mol. The van der Waals surface area contributed by atoms with E-state index in [-0.39, 0.29) is 24.0 Å². The maximum Gasteiger partial charge on any atom is 0.402 e. The summed E-state index contributed by atoms with van der Waals surface area (Å²) < 4.78 is 54.9. The van der Waals surface area contributed by atoms with Gasteiger partial charge in [-0.15, -0.1) is 0 Å². The number of halogens is 4. The van der Waals surface area contributed by atoms with Crippen LogP contribution in [0.3, 0.4) is 0 Å². The normalized spacial score (nSPS) is 12.3. The minimum absolute atomic E-state index is 0.0393. The van der Waals surface area contributed by atoms with E-state index in [0.29, 0.717) is 11.4 Å². The predicted molar refractivity (Wildman–Crippen MR) is 83.8 cm³/mol. The maximum atomic E-state index is 14.1. The Morgan fingerprint density at radius 1 is 0.739 bits per heavy atom. The molecule has 0 atom stereocenters. The highest BCUT2D eigenvalue weighted by Gasteiger charge is 2.56. The molecular formula is C17H18F4N2. The van der Waals surface area contributed by atoms with Gasteiger partial charge in [-0.1, -0.05) is 24.3 Å². The van der Waals surface area contributed by atoms with Gasteiger partial charge in [0.25, 0.3) is 0 Å². The topological polar surface area (TPSA) is 52.0 Å². The van der Waals surface area contributed by atoms with Crippen LogP contribution in [-0.2, 0) is 5.41 Å². The van der Waals surface area contributed by atoms with Crippen molar-refractivity contribution in [3.63, 3.8) is 0 Å². The van der Waals surface area contributed by atoms with Crippen LogP contribution in [0.4, 0.5) is 28.9 Å². The smallest absolute Gasteiger partial charge is 0.399 e. The minimum Gasteiger partial charge on any atom is -0.399 e. The highest BCUT2D eigenvalue weighted by Crippen LogP contribution is 2.49. The Labute approximate surface area is 132 Å². The van der Waals surface area contributed by atoms with Crippen molar-refractivity contribution in [2.45, 2.75) is 24.4 Å². The summed E-state index contributed by atoms with van der Waals surface area (Å²) in [5, 5.41) is 0. The van der Waals surface area contributed by atoms with Crippen molar-refractivity contribution < 1.29 is 17.6 Å². The van der Waals surface area contributed by atoms with Gasteiger partial charge >= 0.3 is 6.18 Å². The first-order valence-corrected chi connectivity index (χ1v) is 7.16. The molecular weight excluding hydrogens is 308 g/mol. The maximum absolute atomic E-state index is 14.1. The highest BCUT2D eigenvalue weighted by atomic mass is 19.4.